The summed E-state index contributed by atoms with van der Waals surface area (Å²) in [7, 11) is -1.83. The molecule has 0 saturated heterocycles. The first-order valence-corrected chi connectivity index (χ1v) is 14.1. The molecule has 0 radical (unpaired) electrons. The van der Waals surface area contributed by atoms with Crippen molar-refractivity contribution in [2.75, 3.05) is 13.2 Å². The Balaban J connectivity index is 2.87. The molecule has 3 N–H and O–H groups in total. The van der Waals surface area contributed by atoms with E-state index in [1.165, 1.54) is 6.08 Å². The van der Waals surface area contributed by atoms with Crippen LogP contribution in [0.3, 0.4) is 0 Å². The third-order valence-corrected chi connectivity index (χ3v) is 11.0. The third-order valence-electron chi connectivity index (χ3n) is 6.46. The van der Waals surface area contributed by atoms with Crippen molar-refractivity contribution in [1.82, 2.24) is 0 Å². The molecule has 1 aromatic carbocycles. The lowest BCUT2D eigenvalue weighted by atomic mass is 9.76. The van der Waals surface area contributed by atoms with E-state index in [0.717, 1.165) is 6.08 Å². The number of aliphatic carboxylic acids is 1. The molecule has 0 aromatic heterocycles. The Morgan fingerprint density at radius 3 is 2.06 bits per heavy atom. The highest BCUT2D eigenvalue weighted by atomic mass is 28.4. The summed E-state index contributed by atoms with van der Waals surface area (Å²) in [6, 6.07) is 0. The van der Waals surface area contributed by atoms with E-state index in [0.29, 0.717) is 29.7 Å². The van der Waals surface area contributed by atoms with Gasteiger partial charge < -0.3 is 24.5 Å². The number of hydrogen-bond acceptors (Lipinski definition) is 6. The summed E-state index contributed by atoms with van der Waals surface area (Å²) in [5.41, 5.74) is 0.582. The van der Waals surface area contributed by atoms with E-state index in [2.05, 4.69) is 33.9 Å². The molecule has 0 heterocycles. The SMILES string of the molecule is Cc1c(O)c(C(C)(C)CC(=O)OCCCO[Si](C)(C)C(C)(C)C)c(C)c(O)c1C=CC(=O)O. The molecular formula is C25H40O7Si. The van der Waals surface area contributed by atoms with Crippen molar-refractivity contribution in [3.05, 3.63) is 28.3 Å². The highest BCUT2D eigenvalue weighted by Crippen LogP contribution is 2.44. The molecule has 8 heteroatoms. The Labute approximate surface area is 198 Å². The largest absolute Gasteiger partial charge is 0.507 e. The fraction of sp³-hybridized carbons (Fsp3) is 0.600. The average molecular weight is 481 g/mol. The lowest BCUT2D eigenvalue weighted by Gasteiger charge is -2.36. The van der Waals surface area contributed by atoms with Crippen molar-refractivity contribution in [2.45, 2.75) is 84.9 Å². The van der Waals surface area contributed by atoms with Gasteiger partial charge in [0.15, 0.2) is 8.32 Å². The molecule has 0 atom stereocenters. The minimum Gasteiger partial charge on any atom is -0.507 e. The van der Waals surface area contributed by atoms with Gasteiger partial charge in [0.2, 0.25) is 0 Å². The Bertz CT molecular complexity index is 879. The highest BCUT2D eigenvalue weighted by molar-refractivity contribution is 6.74. The van der Waals surface area contributed by atoms with E-state index < -0.39 is 25.7 Å². The van der Waals surface area contributed by atoms with Gasteiger partial charge in [-0.1, -0.05) is 34.6 Å². The topological polar surface area (TPSA) is 113 Å². The molecule has 1 aromatic rings. The van der Waals surface area contributed by atoms with Crippen LogP contribution in [0.25, 0.3) is 6.08 Å². The Morgan fingerprint density at radius 1 is 0.970 bits per heavy atom. The van der Waals surface area contributed by atoms with Crippen molar-refractivity contribution in [1.29, 1.82) is 0 Å². The number of ether oxygens (including phenoxy) is 1. The van der Waals surface area contributed by atoms with E-state index in [1.807, 2.05) is 0 Å². The molecule has 0 aliphatic rings. The van der Waals surface area contributed by atoms with Gasteiger partial charge in [-0.25, -0.2) is 4.79 Å². The summed E-state index contributed by atoms with van der Waals surface area (Å²) in [5, 5.41) is 30.5. The summed E-state index contributed by atoms with van der Waals surface area (Å²) in [6.45, 7) is 18.5. The van der Waals surface area contributed by atoms with E-state index >= 15 is 0 Å². The van der Waals surface area contributed by atoms with Gasteiger partial charge in [0.25, 0.3) is 0 Å². The standard InChI is InChI=1S/C25H40O7Si/c1-16-18(11-12-19(26)27)22(29)17(2)21(23(16)30)25(6,7)15-20(28)31-13-10-14-32-33(8,9)24(3,4)5/h11-12,29-30H,10,13-15H2,1-9H3,(H,26,27). The smallest absolute Gasteiger partial charge is 0.328 e. The highest BCUT2D eigenvalue weighted by Gasteiger charge is 2.37. The van der Waals surface area contributed by atoms with Crippen LogP contribution in [0.1, 0.15) is 69.7 Å². The lowest BCUT2D eigenvalue weighted by Crippen LogP contribution is -2.41. The molecule has 0 aliphatic carbocycles. The predicted octanol–water partition coefficient (Wildman–Crippen LogP) is 5.44. The van der Waals surface area contributed by atoms with Crippen molar-refractivity contribution in [2.24, 2.45) is 0 Å². The Morgan fingerprint density at radius 2 is 1.55 bits per heavy atom. The number of aromatic hydroxyl groups is 2. The Kier molecular flexibility index (Phi) is 9.34. The van der Waals surface area contributed by atoms with Gasteiger partial charge >= 0.3 is 11.9 Å². The number of benzene rings is 1. The molecule has 0 unspecified atom stereocenters. The molecule has 1 rings (SSSR count). The maximum absolute atomic E-state index is 12.5. The molecule has 0 fully saturated rings. The maximum Gasteiger partial charge on any atom is 0.328 e. The molecular weight excluding hydrogens is 440 g/mol. The number of hydrogen-bond donors (Lipinski definition) is 3. The monoisotopic (exact) mass is 480 g/mol. The summed E-state index contributed by atoms with van der Waals surface area (Å²) < 4.78 is 11.5. The van der Waals surface area contributed by atoms with Crippen molar-refractivity contribution in [3.63, 3.8) is 0 Å². The van der Waals surface area contributed by atoms with Gasteiger partial charge in [-0.2, -0.15) is 0 Å². The molecule has 186 valence electrons. The number of phenols is 2. The van der Waals surface area contributed by atoms with Crippen LogP contribution < -0.4 is 0 Å². The average Bonchev–Trinajstić information content (AvgIpc) is 2.64. The number of rotatable bonds is 10. The van der Waals surface area contributed by atoms with Gasteiger partial charge in [0, 0.05) is 41.2 Å². The number of carbonyl (C=O) groups is 2. The normalized spacial score (nSPS) is 12.9. The van der Waals surface area contributed by atoms with E-state index in [1.54, 1.807) is 27.7 Å². The third kappa shape index (κ3) is 7.33. The number of esters is 1. The molecule has 33 heavy (non-hydrogen) atoms. The van der Waals surface area contributed by atoms with Crippen LogP contribution in [-0.4, -0.2) is 48.8 Å². The van der Waals surface area contributed by atoms with Crippen LogP contribution >= 0.6 is 0 Å². The van der Waals surface area contributed by atoms with E-state index in [4.69, 9.17) is 14.3 Å². The van der Waals surface area contributed by atoms with Crippen molar-refractivity contribution >= 4 is 26.3 Å². The zero-order valence-corrected chi connectivity index (χ0v) is 22.5. The molecule has 7 nitrogen and oxygen atoms in total. The minimum absolute atomic E-state index is 0.00762. The van der Waals surface area contributed by atoms with Gasteiger partial charge in [0.05, 0.1) is 13.0 Å². The summed E-state index contributed by atoms with van der Waals surface area (Å²) >= 11 is 0. The van der Waals surface area contributed by atoms with Gasteiger partial charge in [-0.15, -0.1) is 0 Å². The first-order valence-electron chi connectivity index (χ1n) is 11.2. The minimum atomic E-state index is -1.83. The number of carboxylic acid groups (broad SMARTS) is 1. The zero-order chi connectivity index (χ0) is 25.8. The van der Waals surface area contributed by atoms with Crippen LogP contribution in [0.2, 0.25) is 18.1 Å². The van der Waals surface area contributed by atoms with Gasteiger partial charge in [-0.3, -0.25) is 4.79 Å². The van der Waals surface area contributed by atoms with Crippen LogP contribution in [0.15, 0.2) is 6.08 Å². The fourth-order valence-corrected chi connectivity index (χ4v) is 4.55. The van der Waals surface area contributed by atoms with Crippen LogP contribution in [0, 0.1) is 13.8 Å². The predicted molar refractivity (Wildman–Crippen MR) is 132 cm³/mol. The molecule has 0 aliphatic heterocycles. The number of carboxylic acids is 1. The first kappa shape index (κ1) is 28.7. The Hall–Kier alpha value is -2.32. The second-order valence-corrected chi connectivity index (χ2v) is 15.5. The quantitative estimate of drug-likeness (QED) is 0.134. The van der Waals surface area contributed by atoms with Crippen LogP contribution in [0.4, 0.5) is 0 Å². The van der Waals surface area contributed by atoms with Crippen LogP contribution in [0.5, 0.6) is 11.5 Å². The fourth-order valence-electron chi connectivity index (χ4n) is 3.47. The first-order chi connectivity index (χ1) is 14.9. The second kappa shape index (κ2) is 10.7. The summed E-state index contributed by atoms with van der Waals surface area (Å²) in [4.78, 5) is 23.4. The molecule has 0 amide bonds. The maximum atomic E-state index is 12.5. The van der Waals surface area contributed by atoms with Gasteiger partial charge in [0.1, 0.15) is 11.5 Å². The number of phenolic OH excluding ortho intramolecular Hbond substituents is 2. The second-order valence-electron chi connectivity index (χ2n) is 10.7. The van der Waals surface area contributed by atoms with Gasteiger partial charge in [-0.05, 0) is 43.6 Å². The molecule has 0 saturated carbocycles. The van der Waals surface area contributed by atoms with Crippen LogP contribution in [-0.2, 0) is 24.2 Å². The lowest BCUT2D eigenvalue weighted by molar-refractivity contribution is -0.145. The molecule has 0 spiro atoms. The van der Waals surface area contributed by atoms with Crippen molar-refractivity contribution in [3.8, 4) is 11.5 Å². The van der Waals surface area contributed by atoms with E-state index in [-0.39, 0.29) is 35.1 Å². The summed E-state index contributed by atoms with van der Waals surface area (Å²) in [5.74, 6) is -1.76. The number of carbonyl (C=O) groups excluding carboxylic acids is 1. The summed E-state index contributed by atoms with van der Waals surface area (Å²) in [6.07, 6.45) is 2.76. The molecule has 0 bridgehead atoms. The van der Waals surface area contributed by atoms with Crippen molar-refractivity contribution < 1.29 is 34.1 Å². The zero-order valence-electron chi connectivity index (χ0n) is 21.5. The van der Waals surface area contributed by atoms with E-state index in [9.17, 15) is 19.8 Å².